The predicted molar refractivity (Wildman–Crippen MR) is 82.9 cm³/mol. The SMILES string of the molecule is c1ccc2snnc2c1.c1csc(C2CCCC2)c1. The molecule has 19 heavy (non-hydrogen) atoms. The van der Waals surface area contributed by atoms with E-state index in [1.165, 1.54) is 37.2 Å². The highest BCUT2D eigenvalue weighted by Crippen LogP contribution is 2.36. The van der Waals surface area contributed by atoms with Gasteiger partial charge in [-0.3, -0.25) is 0 Å². The molecular weight excluding hydrogens is 272 g/mol. The standard InChI is InChI=1S/C9H12S.C6H4N2S/c1-2-5-8(4-1)9-6-3-7-10-9;1-2-4-6-5(3-1)7-8-9-6/h3,6-8H,1-2,4-5H2;1-4H. The van der Waals surface area contributed by atoms with Gasteiger partial charge in [0.15, 0.2) is 0 Å². The van der Waals surface area contributed by atoms with Crippen LogP contribution in [0.3, 0.4) is 0 Å². The van der Waals surface area contributed by atoms with E-state index in [9.17, 15) is 0 Å². The molecule has 1 aliphatic rings. The number of hydrogen-bond donors (Lipinski definition) is 0. The van der Waals surface area contributed by atoms with Gasteiger partial charge < -0.3 is 0 Å². The molecule has 0 bridgehead atoms. The summed E-state index contributed by atoms with van der Waals surface area (Å²) in [7, 11) is 0. The smallest absolute Gasteiger partial charge is 0.105 e. The van der Waals surface area contributed by atoms with Gasteiger partial charge in [0.05, 0.1) is 4.70 Å². The molecule has 4 rings (SSSR count). The van der Waals surface area contributed by atoms with Crippen molar-refractivity contribution in [1.82, 2.24) is 9.59 Å². The lowest BCUT2D eigenvalue weighted by molar-refractivity contribution is 0.738. The Bertz CT molecular complexity index is 580. The lowest BCUT2D eigenvalue weighted by atomic mass is 10.1. The fraction of sp³-hybridized carbons (Fsp3) is 0.333. The predicted octanol–water partition coefficient (Wildman–Crippen LogP) is 5.10. The first-order valence-electron chi connectivity index (χ1n) is 6.64. The lowest BCUT2D eigenvalue weighted by Crippen LogP contribution is -1.85. The zero-order chi connectivity index (χ0) is 12.9. The van der Waals surface area contributed by atoms with E-state index in [0.717, 1.165) is 16.1 Å². The fourth-order valence-electron chi connectivity index (χ4n) is 2.46. The fourth-order valence-corrected chi connectivity index (χ4v) is 3.92. The Kier molecular flexibility index (Phi) is 4.20. The highest BCUT2D eigenvalue weighted by molar-refractivity contribution is 7.12. The molecule has 0 saturated heterocycles. The van der Waals surface area contributed by atoms with Crippen LogP contribution in [0.5, 0.6) is 0 Å². The van der Waals surface area contributed by atoms with Crippen LogP contribution in [0.2, 0.25) is 0 Å². The number of nitrogens with zero attached hydrogens (tertiary/aromatic N) is 2. The largest absolute Gasteiger partial charge is 0.149 e. The van der Waals surface area contributed by atoms with E-state index in [1.54, 1.807) is 4.88 Å². The van der Waals surface area contributed by atoms with Crippen LogP contribution < -0.4 is 0 Å². The number of aromatic nitrogens is 2. The minimum atomic E-state index is 0.917. The first-order chi connectivity index (χ1) is 9.43. The third-order valence-corrected chi connectivity index (χ3v) is 5.19. The molecule has 0 N–H and O–H groups in total. The van der Waals surface area contributed by atoms with Crippen molar-refractivity contribution in [3.63, 3.8) is 0 Å². The molecule has 1 aromatic carbocycles. The third-order valence-electron chi connectivity index (χ3n) is 3.45. The number of benzene rings is 1. The molecule has 2 aromatic heterocycles. The van der Waals surface area contributed by atoms with Crippen molar-refractivity contribution in [2.45, 2.75) is 31.6 Å². The number of hydrogen-bond acceptors (Lipinski definition) is 4. The maximum Gasteiger partial charge on any atom is 0.105 e. The van der Waals surface area contributed by atoms with Gasteiger partial charge in [-0.25, -0.2) is 0 Å². The molecular formula is C15H16N2S2. The maximum absolute atomic E-state index is 3.89. The van der Waals surface area contributed by atoms with Crippen molar-refractivity contribution in [1.29, 1.82) is 0 Å². The Morgan fingerprint density at radius 2 is 1.84 bits per heavy atom. The first-order valence-corrected chi connectivity index (χ1v) is 8.29. The lowest BCUT2D eigenvalue weighted by Gasteiger charge is -2.03. The van der Waals surface area contributed by atoms with E-state index >= 15 is 0 Å². The molecule has 0 unspecified atom stereocenters. The molecule has 2 heterocycles. The van der Waals surface area contributed by atoms with Crippen molar-refractivity contribution in [3.05, 3.63) is 46.7 Å². The summed E-state index contributed by atoms with van der Waals surface area (Å²) in [5.74, 6) is 0.917. The van der Waals surface area contributed by atoms with Crippen LogP contribution in [0.25, 0.3) is 10.2 Å². The monoisotopic (exact) mass is 288 g/mol. The second kappa shape index (κ2) is 6.26. The van der Waals surface area contributed by atoms with Gasteiger partial charge in [0.2, 0.25) is 0 Å². The summed E-state index contributed by atoms with van der Waals surface area (Å²) in [6.45, 7) is 0. The molecule has 0 radical (unpaired) electrons. The Balaban J connectivity index is 0.000000117. The van der Waals surface area contributed by atoms with Gasteiger partial charge in [0, 0.05) is 4.88 Å². The Morgan fingerprint density at radius 3 is 2.58 bits per heavy atom. The zero-order valence-electron chi connectivity index (χ0n) is 10.7. The average molecular weight is 288 g/mol. The topological polar surface area (TPSA) is 25.8 Å². The summed E-state index contributed by atoms with van der Waals surface area (Å²) in [4.78, 5) is 1.61. The molecule has 1 aliphatic carbocycles. The van der Waals surface area contributed by atoms with Crippen LogP contribution in [-0.4, -0.2) is 9.59 Å². The second-order valence-corrected chi connectivity index (χ2v) is 6.50. The number of fused-ring (bicyclic) bond motifs is 1. The van der Waals surface area contributed by atoms with Crippen molar-refractivity contribution >= 4 is 33.1 Å². The van der Waals surface area contributed by atoms with Crippen molar-refractivity contribution in [3.8, 4) is 0 Å². The van der Waals surface area contributed by atoms with Crippen LogP contribution in [0.1, 0.15) is 36.5 Å². The van der Waals surface area contributed by atoms with E-state index in [4.69, 9.17) is 0 Å². The minimum absolute atomic E-state index is 0.917. The summed E-state index contributed by atoms with van der Waals surface area (Å²) in [6, 6.07) is 12.4. The van der Waals surface area contributed by atoms with E-state index < -0.39 is 0 Å². The van der Waals surface area contributed by atoms with Gasteiger partial charge in [0.1, 0.15) is 5.52 Å². The molecule has 0 spiro atoms. The zero-order valence-corrected chi connectivity index (χ0v) is 12.3. The molecule has 4 heteroatoms. The van der Waals surface area contributed by atoms with Gasteiger partial charge in [0.25, 0.3) is 0 Å². The second-order valence-electron chi connectivity index (χ2n) is 4.74. The normalized spacial score (nSPS) is 15.4. The molecule has 0 amide bonds. The van der Waals surface area contributed by atoms with Gasteiger partial charge >= 0.3 is 0 Å². The Hall–Kier alpha value is -1.26. The highest BCUT2D eigenvalue weighted by Gasteiger charge is 2.16. The highest BCUT2D eigenvalue weighted by atomic mass is 32.1. The molecule has 0 aliphatic heterocycles. The van der Waals surface area contributed by atoms with Crippen molar-refractivity contribution in [2.24, 2.45) is 0 Å². The van der Waals surface area contributed by atoms with E-state index in [0.29, 0.717) is 0 Å². The molecule has 1 fully saturated rings. The first kappa shape index (κ1) is 12.8. The maximum atomic E-state index is 3.89. The van der Waals surface area contributed by atoms with Crippen molar-refractivity contribution in [2.75, 3.05) is 0 Å². The summed E-state index contributed by atoms with van der Waals surface area (Å²) in [5, 5.41) is 6.08. The Morgan fingerprint density at radius 1 is 1.00 bits per heavy atom. The van der Waals surface area contributed by atoms with Gasteiger partial charge in [-0.1, -0.05) is 35.5 Å². The van der Waals surface area contributed by atoms with Gasteiger partial charge in [-0.2, -0.15) is 0 Å². The third kappa shape index (κ3) is 3.19. The summed E-state index contributed by atoms with van der Waals surface area (Å²) in [6.07, 6.45) is 5.76. The summed E-state index contributed by atoms with van der Waals surface area (Å²) >= 11 is 3.35. The molecule has 2 nitrogen and oxygen atoms in total. The van der Waals surface area contributed by atoms with E-state index in [-0.39, 0.29) is 0 Å². The number of rotatable bonds is 1. The molecule has 0 atom stereocenters. The number of thiophene rings is 1. The summed E-state index contributed by atoms with van der Waals surface area (Å²) < 4.78 is 4.94. The van der Waals surface area contributed by atoms with E-state index in [2.05, 4.69) is 27.1 Å². The average Bonchev–Trinajstić information content (AvgIpc) is 3.20. The molecule has 98 valence electrons. The van der Waals surface area contributed by atoms with Crippen LogP contribution in [0.4, 0.5) is 0 Å². The minimum Gasteiger partial charge on any atom is -0.149 e. The van der Waals surface area contributed by atoms with Crippen molar-refractivity contribution < 1.29 is 0 Å². The van der Waals surface area contributed by atoms with Crippen LogP contribution in [0.15, 0.2) is 41.8 Å². The molecule has 3 aromatic rings. The van der Waals surface area contributed by atoms with Gasteiger partial charge in [-0.15, -0.1) is 16.4 Å². The van der Waals surface area contributed by atoms with E-state index in [1.807, 2.05) is 35.6 Å². The quantitative estimate of drug-likeness (QED) is 0.623. The van der Waals surface area contributed by atoms with Crippen LogP contribution in [0, 0.1) is 0 Å². The van der Waals surface area contributed by atoms with Gasteiger partial charge in [-0.05, 0) is 53.9 Å². The van der Waals surface area contributed by atoms with Crippen LogP contribution in [-0.2, 0) is 0 Å². The molecule has 1 saturated carbocycles. The summed E-state index contributed by atoms with van der Waals surface area (Å²) in [5.41, 5.74) is 0.988. The Labute approximate surface area is 121 Å². The van der Waals surface area contributed by atoms with Crippen LogP contribution >= 0.6 is 22.9 Å².